The van der Waals surface area contributed by atoms with E-state index >= 15 is 0 Å². The number of halogens is 1. The Labute approximate surface area is 160 Å². The summed E-state index contributed by atoms with van der Waals surface area (Å²) in [6.07, 6.45) is 3.58. The molecule has 28 heavy (non-hydrogen) atoms. The van der Waals surface area contributed by atoms with E-state index in [0.29, 0.717) is 17.9 Å². The Morgan fingerprint density at radius 1 is 1.07 bits per heavy atom. The molecule has 7 nitrogen and oxygen atoms in total. The predicted octanol–water partition coefficient (Wildman–Crippen LogP) is 2.83. The molecule has 8 heteroatoms. The van der Waals surface area contributed by atoms with Crippen LogP contribution in [0.1, 0.15) is 21.7 Å². The summed E-state index contributed by atoms with van der Waals surface area (Å²) >= 11 is 0. The number of hydrogen-bond acceptors (Lipinski definition) is 4. The molecule has 140 valence electrons. The van der Waals surface area contributed by atoms with Gasteiger partial charge in [0.2, 0.25) is 0 Å². The zero-order chi connectivity index (χ0) is 19.5. The molecule has 0 fully saturated rings. The van der Waals surface area contributed by atoms with E-state index in [1.165, 1.54) is 16.8 Å². The second-order valence-corrected chi connectivity index (χ2v) is 6.21. The summed E-state index contributed by atoms with van der Waals surface area (Å²) in [5.74, 6) is -0.653. The van der Waals surface area contributed by atoms with Crippen molar-refractivity contribution in [2.75, 3.05) is 0 Å². The van der Waals surface area contributed by atoms with Crippen molar-refractivity contribution in [1.29, 1.82) is 0 Å². The van der Waals surface area contributed by atoms with E-state index in [0.717, 1.165) is 11.3 Å². The monoisotopic (exact) mass is 376 g/mol. The Hall–Kier alpha value is -3.81. The Bertz CT molecular complexity index is 1080. The zero-order valence-electron chi connectivity index (χ0n) is 15.1. The Balaban J connectivity index is 1.43. The molecule has 2 heterocycles. The van der Waals surface area contributed by atoms with Gasteiger partial charge in [-0.1, -0.05) is 17.3 Å². The fourth-order valence-electron chi connectivity index (χ4n) is 2.82. The van der Waals surface area contributed by atoms with Gasteiger partial charge < -0.3 is 5.32 Å². The Morgan fingerprint density at radius 2 is 1.79 bits per heavy atom. The third kappa shape index (κ3) is 3.52. The van der Waals surface area contributed by atoms with E-state index in [1.54, 1.807) is 29.9 Å². The Kier molecular flexibility index (Phi) is 4.67. The first-order chi connectivity index (χ1) is 13.6. The van der Waals surface area contributed by atoms with Gasteiger partial charge in [0.25, 0.3) is 5.91 Å². The maximum atomic E-state index is 13.1. The van der Waals surface area contributed by atoms with Crippen LogP contribution in [0.4, 0.5) is 4.39 Å². The van der Waals surface area contributed by atoms with Gasteiger partial charge in [0.15, 0.2) is 5.69 Å². The quantitative estimate of drug-likeness (QED) is 0.581. The lowest BCUT2D eigenvalue weighted by Crippen LogP contribution is -2.24. The Morgan fingerprint density at radius 3 is 2.46 bits per heavy atom. The molecule has 1 amide bonds. The topological polar surface area (TPSA) is 77.6 Å². The van der Waals surface area contributed by atoms with Gasteiger partial charge in [-0.15, -0.1) is 5.10 Å². The molecule has 0 spiro atoms. The maximum absolute atomic E-state index is 13.1. The number of amides is 1. The van der Waals surface area contributed by atoms with Crippen molar-refractivity contribution >= 4 is 5.91 Å². The standard InChI is InChI=1S/C20H17FN6O/c1-14-19(24-25-27(14)18-9-5-16(21)6-10-18)20(28)22-13-15-3-7-17(8-4-15)26-12-2-11-23-26/h2-12H,13H2,1H3,(H,22,28). The average molecular weight is 376 g/mol. The first kappa shape index (κ1) is 17.6. The molecule has 2 aromatic carbocycles. The van der Waals surface area contributed by atoms with Crippen molar-refractivity contribution in [2.24, 2.45) is 0 Å². The minimum absolute atomic E-state index is 0.234. The van der Waals surface area contributed by atoms with Gasteiger partial charge in [-0.25, -0.2) is 13.8 Å². The summed E-state index contributed by atoms with van der Waals surface area (Å²) in [5, 5.41) is 15.0. The van der Waals surface area contributed by atoms with Crippen LogP contribution in [0.15, 0.2) is 67.0 Å². The number of rotatable bonds is 5. The fourth-order valence-corrected chi connectivity index (χ4v) is 2.82. The zero-order valence-corrected chi connectivity index (χ0v) is 15.1. The van der Waals surface area contributed by atoms with Crippen molar-refractivity contribution < 1.29 is 9.18 Å². The first-order valence-electron chi connectivity index (χ1n) is 8.67. The molecular formula is C20H17FN6O. The average Bonchev–Trinajstić information content (AvgIpc) is 3.37. The highest BCUT2D eigenvalue weighted by Gasteiger charge is 2.17. The van der Waals surface area contributed by atoms with Crippen LogP contribution in [-0.2, 0) is 6.54 Å². The number of hydrogen-bond donors (Lipinski definition) is 1. The summed E-state index contributed by atoms with van der Waals surface area (Å²) in [6.45, 7) is 2.11. The second-order valence-electron chi connectivity index (χ2n) is 6.21. The second kappa shape index (κ2) is 7.43. The van der Waals surface area contributed by atoms with Gasteiger partial charge in [-0.3, -0.25) is 4.79 Å². The molecule has 0 atom stereocenters. The summed E-state index contributed by atoms with van der Waals surface area (Å²) < 4.78 is 16.4. The molecule has 0 saturated carbocycles. The highest BCUT2D eigenvalue weighted by Crippen LogP contribution is 2.13. The molecule has 0 unspecified atom stereocenters. The molecule has 4 rings (SSSR count). The van der Waals surface area contributed by atoms with E-state index in [-0.39, 0.29) is 17.4 Å². The van der Waals surface area contributed by atoms with E-state index in [9.17, 15) is 9.18 Å². The molecule has 1 N–H and O–H groups in total. The van der Waals surface area contributed by atoms with E-state index in [4.69, 9.17) is 0 Å². The van der Waals surface area contributed by atoms with E-state index < -0.39 is 0 Å². The number of carbonyl (C=O) groups is 1. The van der Waals surface area contributed by atoms with Crippen molar-refractivity contribution in [3.63, 3.8) is 0 Å². The van der Waals surface area contributed by atoms with Gasteiger partial charge in [-0.2, -0.15) is 5.10 Å². The highest BCUT2D eigenvalue weighted by molar-refractivity contribution is 5.93. The smallest absolute Gasteiger partial charge is 0.274 e. The van der Waals surface area contributed by atoms with E-state index in [1.807, 2.05) is 36.5 Å². The summed E-state index contributed by atoms with van der Waals surface area (Å²) in [5.41, 5.74) is 3.35. The third-order valence-electron chi connectivity index (χ3n) is 4.34. The van der Waals surface area contributed by atoms with Crippen LogP contribution < -0.4 is 5.32 Å². The predicted molar refractivity (Wildman–Crippen MR) is 101 cm³/mol. The molecule has 2 aromatic heterocycles. The third-order valence-corrected chi connectivity index (χ3v) is 4.34. The normalized spacial score (nSPS) is 10.8. The number of nitrogens with one attached hydrogen (secondary N) is 1. The van der Waals surface area contributed by atoms with Crippen LogP contribution in [-0.4, -0.2) is 30.7 Å². The van der Waals surface area contributed by atoms with Gasteiger partial charge >= 0.3 is 0 Å². The maximum Gasteiger partial charge on any atom is 0.274 e. The van der Waals surface area contributed by atoms with Crippen LogP contribution in [0.2, 0.25) is 0 Å². The van der Waals surface area contributed by atoms with Crippen molar-refractivity contribution in [3.8, 4) is 11.4 Å². The molecule has 0 aliphatic rings. The highest BCUT2D eigenvalue weighted by atomic mass is 19.1. The summed E-state index contributed by atoms with van der Waals surface area (Å²) in [4.78, 5) is 12.5. The first-order valence-corrected chi connectivity index (χ1v) is 8.67. The fraction of sp³-hybridized carbons (Fsp3) is 0.100. The lowest BCUT2D eigenvalue weighted by atomic mass is 10.2. The van der Waals surface area contributed by atoms with Gasteiger partial charge in [-0.05, 0) is 55.0 Å². The molecule has 0 aliphatic heterocycles. The lowest BCUT2D eigenvalue weighted by molar-refractivity contribution is 0.0945. The largest absolute Gasteiger partial charge is 0.347 e. The van der Waals surface area contributed by atoms with Crippen LogP contribution in [0, 0.1) is 12.7 Å². The van der Waals surface area contributed by atoms with Crippen LogP contribution in [0.25, 0.3) is 11.4 Å². The lowest BCUT2D eigenvalue weighted by Gasteiger charge is -2.07. The summed E-state index contributed by atoms with van der Waals surface area (Å²) in [6, 6.07) is 15.4. The van der Waals surface area contributed by atoms with Gasteiger partial charge in [0, 0.05) is 18.9 Å². The molecule has 0 aliphatic carbocycles. The van der Waals surface area contributed by atoms with Gasteiger partial charge in [0.05, 0.1) is 17.1 Å². The number of nitrogens with zero attached hydrogens (tertiary/aromatic N) is 5. The van der Waals surface area contributed by atoms with Crippen molar-refractivity contribution in [1.82, 2.24) is 30.1 Å². The van der Waals surface area contributed by atoms with Gasteiger partial charge in [0.1, 0.15) is 5.82 Å². The minimum atomic E-state index is -0.335. The summed E-state index contributed by atoms with van der Waals surface area (Å²) in [7, 11) is 0. The van der Waals surface area contributed by atoms with Crippen LogP contribution >= 0.6 is 0 Å². The van der Waals surface area contributed by atoms with Crippen LogP contribution in [0.5, 0.6) is 0 Å². The molecule has 0 radical (unpaired) electrons. The SMILES string of the molecule is Cc1c(C(=O)NCc2ccc(-n3cccn3)cc2)nnn1-c1ccc(F)cc1. The van der Waals surface area contributed by atoms with Crippen molar-refractivity contribution in [2.45, 2.75) is 13.5 Å². The van der Waals surface area contributed by atoms with Crippen LogP contribution in [0.3, 0.4) is 0 Å². The molecule has 0 bridgehead atoms. The molecule has 4 aromatic rings. The number of carbonyl (C=O) groups excluding carboxylic acids is 1. The molecule has 0 saturated heterocycles. The van der Waals surface area contributed by atoms with E-state index in [2.05, 4.69) is 20.7 Å². The minimum Gasteiger partial charge on any atom is -0.347 e. The number of benzene rings is 2. The molecular weight excluding hydrogens is 359 g/mol. The van der Waals surface area contributed by atoms with Crippen molar-refractivity contribution in [3.05, 3.63) is 89.8 Å². The number of aromatic nitrogens is 5.